The van der Waals surface area contributed by atoms with Crippen LogP contribution in [0.4, 0.5) is 0 Å². The normalized spacial score (nSPS) is 17.1. The van der Waals surface area contributed by atoms with Crippen molar-refractivity contribution in [2.45, 2.75) is 44.7 Å². The Bertz CT molecular complexity index is 410. The Morgan fingerprint density at radius 2 is 2.27 bits per heavy atom. The van der Waals surface area contributed by atoms with Gasteiger partial charge in [0.2, 0.25) is 0 Å². The molecule has 15 heavy (non-hydrogen) atoms. The number of aromatic hydroxyl groups is 1. The van der Waals surface area contributed by atoms with E-state index in [9.17, 15) is 5.11 Å². The number of hydrogen-bond donors (Lipinski definition) is 1. The predicted octanol–water partition coefficient (Wildman–Crippen LogP) is 2.47. The molecule has 4 heteroatoms. The quantitative estimate of drug-likeness (QED) is 0.753. The lowest BCUT2D eigenvalue weighted by Crippen LogP contribution is -2.19. The molecular weight excluding hydrogens is 190 g/mol. The van der Waals surface area contributed by atoms with Crippen LogP contribution in [0.1, 0.15) is 44.8 Å². The lowest BCUT2D eigenvalue weighted by atomic mass is 9.93. The van der Waals surface area contributed by atoms with Crippen molar-refractivity contribution >= 4 is 0 Å². The second-order valence-corrected chi connectivity index (χ2v) is 4.60. The standard InChI is InChI=1S/C11H15N3O/c1-11(2,12-3)10-9(15)7-14(13-10)8-5-4-6-8/h7-8,15H,4-6H2,1-2H3. The first kappa shape index (κ1) is 10.0. The van der Waals surface area contributed by atoms with Crippen LogP contribution in [0.3, 0.4) is 0 Å². The zero-order valence-corrected chi connectivity index (χ0v) is 9.06. The van der Waals surface area contributed by atoms with Crippen molar-refractivity contribution in [3.63, 3.8) is 0 Å². The fourth-order valence-electron chi connectivity index (χ4n) is 1.71. The topological polar surface area (TPSA) is 42.4 Å². The Labute approximate surface area is 89.3 Å². The molecule has 1 aliphatic rings. The molecule has 0 spiro atoms. The van der Waals surface area contributed by atoms with E-state index in [-0.39, 0.29) is 5.75 Å². The van der Waals surface area contributed by atoms with Crippen LogP contribution in [0.2, 0.25) is 0 Å². The second-order valence-electron chi connectivity index (χ2n) is 4.60. The highest BCUT2D eigenvalue weighted by atomic mass is 16.3. The van der Waals surface area contributed by atoms with Crippen LogP contribution in [0.15, 0.2) is 6.20 Å². The van der Waals surface area contributed by atoms with Crippen LogP contribution in [0.25, 0.3) is 4.85 Å². The van der Waals surface area contributed by atoms with E-state index >= 15 is 0 Å². The van der Waals surface area contributed by atoms with Gasteiger partial charge in [0.15, 0.2) is 11.4 Å². The minimum Gasteiger partial charge on any atom is -0.504 e. The van der Waals surface area contributed by atoms with Gasteiger partial charge in [-0.05, 0) is 19.3 Å². The maximum Gasteiger partial charge on any atom is 0.274 e. The molecule has 1 aliphatic carbocycles. The molecule has 0 bridgehead atoms. The molecule has 2 rings (SSSR count). The van der Waals surface area contributed by atoms with E-state index in [0.29, 0.717) is 11.7 Å². The lowest BCUT2D eigenvalue weighted by molar-refractivity contribution is 0.286. The summed E-state index contributed by atoms with van der Waals surface area (Å²) in [5.74, 6) is 0.142. The summed E-state index contributed by atoms with van der Waals surface area (Å²) in [7, 11) is 0. The minimum atomic E-state index is -0.737. The molecule has 1 aromatic heterocycles. The second kappa shape index (κ2) is 3.27. The monoisotopic (exact) mass is 205 g/mol. The van der Waals surface area contributed by atoms with Gasteiger partial charge in [0.25, 0.3) is 5.54 Å². The van der Waals surface area contributed by atoms with Gasteiger partial charge in [0.05, 0.1) is 12.2 Å². The predicted molar refractivity (Wildman–Crippen MR) is 56.4 cm³/mol. The fraction of sp³-hybridized carbons (Fsp3) is 0.636. The molecule has 1 aromatic rings. The first-order valence-electron chi connectivity index (χ1n) is 5.22. The van der Waals surface area contributed by atoms with E-state index in [0.717, 1.165) is 12.8 Å². The van der Waals surface area contributed by atoms with Crippen molar-refractivity contribution in [3.8, 4) is 5.75 Å². The molecule has 1 heterocycles. The largest absolute Gasteiger partial charge is 0.504 e. The zero-order chi connectivity index (χ0) is 11.1. The van der Waals surface area contributed by atoms with Gasteiger partial charge in [-0.3, -0.25) is 4.68 Å². The first-order chi connectivity index (χ1) is 7.04. The van der Waals surface area contributed by atoms with Gasteiger partial charge in [0.1, 0.15) is 0 Å². The van der Waals surface area contributed by atoms with Gasteiger partial charge in [-0.15, -0.1) is 0 Å². The minimum absolute atomic E-state index is 0.142. The Morgan fingerprint density at radius 3 is 2.73 bits per heavy atom. The highest BCUT2D eigenvalue weighted by molar-refractivity contribution is 5.31. The summed E-state index contributed by atoms with van der Waals surface area (Å²) in [5.41, 5.74) is -0.247. The van der Waals surface area contributed by atoms with Crippen molar-refractivity contribution in [2.75, 3.05) is 0 Å². The Balaban J connectivity index is 2.33. The summed E-state index contributed by atoms with van der Waals surface area (Å²) in [4.78, 5) is 3.48. The van der Waals surface area contributed by atoms with Crippen LogP contribution in [0, 0.1) is 6.57 Å². The average molecular weight is 205 g/mol. The van der Waals surface area contributed by atoms with E-state index in [4.69, 9.17) is 6.57 Å². The molecule has 0 radical (unpaired) electrons. The smallest absolute Gasteiger partial charge is 0.274 e. The molecule has 80 valence electrons. The number of hydrogen-bond acceptors (Lipinski definition) is 2. The van der Waals surface area contributed by atoms with E-state index in [1.165, 1.54) is 6.42 Å². The van der Waals surface area contributed by atoms with Gasteiger partial charge in [0, 0.05) is 13.8 Å². The molecule has 1 fully saturated rings. The third-order valence-corrected chi connectivity index (χ3v) is 3.02. The van der Waals surface area contributed by atoms with Crippen molar-refractivity contribution < 1.29 is 5.11 Å². The summed E-state index contributed by atoms with van der Waals surface area (Å²) in [6.07, 6.45) is 5.12. The van der Waals surface area contributed by atoms with Gasteiger partial charge in [-0.25, -0.2) is 6.57 Å². The molecule has 0 unspecified atom stereocenters. The van der Waals surface area contributed by atoms with Crippen molar-refractivity contribution in [1.29, 1.82) is 0 Å². The van der Waals surface area contributed by atoms with Crippen LogP contribution >= 0.6 is 0 Å². The molecular formula is C11H15N3O. The third-order valence-electron chi connectivity index (χ3n) is 3.02. The van der Waals surface area contributed by atoms with Gasteiger partial charge >= 0.3 is 0 Å². The Morgan fingerprint density at radius 1 is 1.60 bits per heavy atom. The van der Waals surface area contributed by atoms with E-state index in [1.807, 2.05) is 0 Å². The van der Waals surface area contributed by atoms with E-state index < -0.39 is 5.54 Å². The lowest BCUT2D eigenvalue weighted by Gasteiger charge is -2.25. The van der Waals surface area contributed by atoms with Crippen LogP contribution in [-0.4, -0.2) is 14.9 Å². The average Bonchev–Trinajstić information content (AvgIpc) is 2.45. The van der Waals surface area contributed by atoms with Gasteiger partial charge in [-0.1, -0.05) is 0 Å². The van der Waals surface area contributed by atoms with Gasteiger partial charge in [-0.2, -0.15) is 5.10 Å². The van der Waals surface area contributed by atoms with Crippen LogP contribution < -0.4 is 0 Å². The molecule has 1 saturated carbocycles. The maximum absolute atomic E-state index is 9.74. The van der Waals surface area contributed by atoms with Crippen LogP contribution in [-0.2, 0) is 5.54 Å². The highest BCUT2D eigenvalue weighted by Gasteiger charge is 2.34. The highest BCUT2D eigenvalue weighted by Crippen LogP contribution is 2.36. The summed E-state index contributed by atoms with van der Waals surface area (Å²) in [6.45, 7) is 10.6. The maximum atomic E-state index is 9.74. The zero-order valence-electron chi connectivity index (χ0n) is 9.06. The fourth-order valence-corrected chi connectivity index (χ4v) is 1.71. The molecule has 4 nitrogen and oxygen atoms in total. The first-order valence-corrected chi connectivity index (χ1v) is 5.22. The Kier molecular flexibility index (Phi) is 2.18. The summed E-state index contributed by atoms with van der Waals surface area (Å²) in [5, 5.41) is 14.1. The Hall–Kier alpha value is -1.50. The number of rotatable bonds is 2. The number of nitrogens with zero attached hydrogens (tertiary/aromatic N) is 3. The number of aromatic nitrogens is 2. The molecule has 0 amide bonds. The molecule has 1 N–H and O–H groups in total. The summed E-state index contributed by atoms with van der Waals surface area (Å²) >= 11 is 0. The van der Waals surface area contributed by atoms with Crippen LogP contribution in [0.5, 0.6) is 5.75 Å². The molecule has 0 aliphatic heterocycles. The molecule has 0 saturated heterocycles. The molecule has 0 atom stereocenters. The van der Waals surface area contributed by atoms with Gasteiger partial charge < -0.3 is 9.95 Å². The van der Waals surface area contributed by atoms with Crippen molar-refractivity contribution in [2.24, 2.45) is 0 Å². The van der Waals surface area contributed by atoms with E-state index in [2.05, 4.69) is 9.94 Å². The van der Waals surface area contributed by atoms with E-state index in [1.54, 1.807) is 24.7 Å². The SMILES string of the molecule is [C-]#[N+]C(C)(C)c1nn(C2CCC2)cc1O. The van der Waals surface area contributed by atoms with Crippen molar-refractivity contribution in [1.82, 2.24) is 9.78 Å². The third kappa shape index (κ3) is 1.58. The summed E-state index contributed by atoms with van der Waals surface area (Å²) < 4.78 is 1.81. The molecule has 0 aromatic carbocycles. The summed E-state index contributed by atoms with van der Waals surface area (Å²) in [6, 6.07) is 0.422. The van der Waals surface area contributed by atoms with Crippen molar-refractivity contribution in [3.05, 3.63) is 23.3 Å².